The summed E-state index contributed by atoms with van der Waals surface area (Å²) in [5.74, 6) is -0.554. The van der Waals surface area contributed by atoms with Crippen LogP contribution in [0.2, 0.25) is 0 Å². The molecule has 27 heavy (non-hydrogen) atoms. The van der Waals surface area contributed by atoms with Crippen molar-refractivity contribution in [3.63, 3.8) is 0 Å². The number of nitrogens with one attached hydrogen (secondary N) is 1. The molecular formula is C20H22FNO5. The fourth-order valence-corrected chi connectivity index (χ4v) is 2.13. The smallest absolute Gasteiger partial charge is 0.347 e. The molecule has 0 radical (unpaired) electrons. The molecule has 2 atom stereocenters. The molecule has 2 aromatic carbocycles. The summed E-state index contributed by atoms with van der Waals surface area (Å²) in [5.41, 5.74) is 0.557. The molecule has 0 bridgehead atoms. The third kappa shape index (κ3) is 6.29. The number of ether oxygens (including phenoxy) is 3. The van der Waals surface area contributed by atoms with Crippen LogP contribution in [0.1, 0.15) is 20.8 Å². The Balaban J connectivity index is 1.85. The Morgan fingerprint density at radius 2 is 1.56 bits per heavy atom. The number of hydrogen-bond donors (Lipinski definition) is 1. The fourth-order valence-electron chi connectivity index (χ4n) is 2.13. The van der Waals surface area contributed by atoms with Gasteiger partial charge in [-0.1, -0.05) is 0 Å². The number of esters is 1. The molecule has 0 heterocycles. The van der Waals surface area contributed by atoms with Crippen LogP contribution in [-0.4, -0.2) is 30.7 Å². The second kappa shape index (κ2) is 9.56. The monoisotopic (exact) mass is 375 g/mol. The van der Waals surface area contributed by atoms with Crippen LogP contribution in [0.3, 0.4) is 0 Å². The van der Waals surface area contributed by atoms with Gasteiger partial charge >= 0.3 is 5.97 Å². The molecule has 0 spiro atoms. The summed E-state index contributed by atoms with van der Waals surface area (Å²) in [6.07, 6.45) is -1.96. The number of carbonyl (C=O) groups is 2. The van der Waals surface area contributed by atoms with Gasteiger partial charge in [-0.05, 0) is 69.3 Å². The van der Waals surface area contributed by atoms with Crippen molar-refractivity contribution in [1.29, 1.82) is 0 Å². The van der Waals surface area contributed by atoms with Crippen LogP contribution in [0.5, 0.6) is 11.5 Å². The van der Waals surface area contributed by atoms with Crippen molar-refractivity contribution in [2.45, 2.75) is 33.0 Å². The second-order valence-corrected chi connectivity index (χ2v) is 5.74. The van der Waals surface area contributed by atoms with E-state index in [0.717, 1.165) is 0 Å². The molecule has 6 nitrogen and oxygen atoms in total. The third-order valence-electron chi connectivity index (χ3n) is 3.55. The Bertz CT molecular complexity index is 761. The number of rotatable bonds is 8. The molecule has 1 amide bonds. The van der Waals surface area contributed by atoms with Crippen molar-refractivity contribution in [2.75, 3.05) is 11.9 Å². The first kappa shape index (κ1) is 20.2. The number of carbonyl (C=O) groups excluding carboxylic acids is 2. The first-order valence-corrected chi connectivity index (χ1v) is 8.55. The normalized spacial score (nSPS) is 12.6. The van der Waals surface area contributed by atoms with Gasteiger partial charge in [0, 0.05) is 5.69 Å². The van der Waals surface area contributed by atoms with Gasteiger partial charge in [-0.2, -0.15) is 0 Å². The van der Waals surface area contributed by atoms with Crippen molar-refractivity contribution >= 4 is 17.6 Å². The molecule has 0 aromatic heterocycles. The van der Waals surface area contributed by atoms with Gasteiger partial charge in [-0.3, -0.25) is 4.79 Å². The molecule has 0 saturated heterocycles. The molecule has 2 rings (SSSR count). The van der Waals surface area contributed by atoms with Crippen LogP contribution >= 0.6 is 0 Å². The Kier molecular flexibility index (Phi) is 7.16. The topological polar surface area (TPSA) is 73.9 Å². The zero-order valence-electron chi connectivity index (χ0n) is 15.4. The maximum Gasteiger partial charge on any atom is 0.347 e. The average Bonchev–Trinajstić information content (AvgIpc) is 2.65. The summed E-state index contributed by atoms with van der Waals surface area (Å²) in [4.78, 5) is 24.3. The molecular weight excluding hydrogens is 353 g/mol. The number of anilines is 1. The molecule has 0 aliphatic carbocycles. The van der Waals surface area contributed by atoms with E-state index >= 15 is 0 Å². The van der Waals surface area contributed by atoms with Gasteiger partial charge < -0.3 is 19.5 Å². The minimum atomic E-state index is -1.01. The maximum atomic E-state index is 12.9. The average molecular weight is 375 g/mol. The Hall–Kier alpha value is -3.09. The Labute approximate surface area is 157 Å². The standard InChI is InChI=1S/C20H22FNO5/c1-4-25-17-11-7-16(8-12-17)22-19(23)13(2)27-20(24)14(3)26-18-9-5-15(21)6-10-18/h5-14H,4H2,1-3H3,(H,22,23)/t13-,14-/m0/s1. The molecule has 144 valence electrons. The number of hydrogen-bond acceptors (Lipinski definition) is 5. The number of benzene rings is 2. The molecule has 1 N–H and O–H groups in total. The summed E-state index contributed by atoms with van der Waals surface area (Å²) < 4.78 is 28.7. The van der Waals surface area contributed by atoms with E-state index < -0.39 is 29.9 Å². The molecule has 0 aliphatic rings. The van der Waals surface area contributed by atoms with Crippen LogP contribution in [-0.2, 0) is 14.3 Å². The second-order valence-electron chi connectivity index (χ2n) is 5.74. The van der Waals surface area contributed by atoms with Crippen molar-refractivity contribution in [1.82, 2.24) is 0 Å². The van der Waals surface area contributed by atoms with Crippen LogP contribution < -0.4 is 14.8 Å². The van der Waals surface area contributed by atoms with Crippen LogP contribution in [0.15, 0.2) is 48.5 Å². The highest BCUT2D eigenvalue weighted by atomic mass is 19.1. The van der Waals surface area contributed by atoms with Gasteiger partial charge in [-0.25, -0.2) is 9.18 Å². The first-order chi connectivity index (χ1) is 12.9. The SMILES string of the molecule is CCOc1ccc(NC(=O)[C@H](C)OC(=O)[C@H](C)Oc2ccc(F)cc2)cc1. The highest BCUT2D eigenvalue weighted by Gasteiger charge is 2.23. The highest BCUT2D eigenvalue weighted by molar-refractivity contribution is 5.95. The minimum Gasteiger partial charge on any atom is -0.494 e. The van der Waals surface area contributed by atoms with E-state index in [0.29, 0.717) is 23.8 Å². The first-order valence-electron chi connectivity index (χ1n) is 8.55. The summed E-state index contributed by atoms with van der Waals surface area (Å²) in [6.45, 7) is 5.39. The molecule has 0 fully saturated rings. The van der Waals surface area contributed by atoms with E-state index in [9.17, 15) is 14.0 Å². The van der Waals surface area contributed by atoms with Gasteiger partial charge in [0.1, 0.15) is 17.3 Å². The van der Waals surface area contributed by atoms with E-state index in [4.69, 9.17) is 14.2 Å². The predicted molar refractivity (Wildman–Crippen MR) is 98.3 cm³/mol. The summed E-state index contributed by atoms with van der Waals surface area (Å²) >= 11 is 0. The lowest BCUT2D eigenvalue weighted by atomic mass is 10.2. The molecule has 0 saturated carbocycles. The Morgan fingerprint density at radius 1 is 0.963 bits per heavy atom. The predicted octanol–water partition coefficient (Wildman–Crippen LogP) is 3.56. The van der Waals surface area contributed by atoms with E-state index in [1.165, 1.54) is 38.1 Å². The quantitative estimate of drug-likeness (QED) is 0.714. The lowest BCUT2D eigenvalue weighted by Gasteiger charge is -2.18. The van der Waals surface area contributed by atoms with Crippen LogP contribution in [0.4, 0.5) is 10.1 Å². The van der Waals surface area contributed by atoms with Crippen molar-refractivity contribution in [3.8, 4) is 11.5 Å². The number of halogens is 1. The Morgan fingerprint density at radius 3 is 2.15 bits per heavy atom. The molecule has 7 heteroatoms. The van der Waals surface area contributed by atoms with Gasteiger partial charge in [0.05, 0.1) is 6.61 Å². The van der Waals surface area contributed by atoms with Gasteiger partial charge in [0.25, 0.3) is 5.91 Å². The highest BCUT2D eigenvalue weighted by Crippen LogP contribution is 2.17. The summed E-state index contributed by atoms with van der Waals surface area (Å²) in [5, 5.41) is 2.66. The van der Waals surface area contributed by atoms with Crippen molar-refractivity contribution in [2.24, 2.45) is 0 Å². The lowest BCUT2D eigenvalue weighted by molar-refractivity contribution is -0.159. The van der Waals surface area contributed by atoms with Crippen LogP contribution in [0.25, 0.3) is 0 Å². The van der Waals surface area contributed by atoms with E-state index in [2.05, 4.69) is 5.32 Å². The molecule has 0 aliphatic heterocycles. The largest absolute Gasteiger partial charge is 0.494 e. The maximum absolute atomic E-state index is 12.9. The van der Waals surface area contributed by atoms with Gasteiger partial charge in [-0.15, -0.1) is 0 Å². The van der Waals surface area contributed by atoms with Crippen molar-refractivity contribution in [3.05, 3.63) is 54.3 Å². The molecule has 2 aromatic rings. The summed E-state index contributed by atoms with van der Waals surface area (Å²) in [7, 11) is 0. The summed E-state index contributed by atoms with van der Waals surface area (Å²) in [6, 6.07) is 12.1. The number of amides is 1. The lowest BCUT2D eigenvalue weighted by Crippen LogP contribution is -2.35. The van der Waals surface area contributed by atoms with E-state index in [1.807, 2.05) is 6.92 Å². The van der Waals surface area contributed by atoms with E-state index in [1.54, 1.807) is 24.3 Å². The van der Waals surface area contributed by atoms with E-state index in [-0.39, 0.29) is 0 Å². The van der Waals surface area contributed by atoms with Gasteiger partial charge in [0.15, 0.2) is 12.2 Å². The van der Waals surface area contributed by atoms with Crippen molar-refractivity contribution < 1.29 is 28.2 Å². The fraction of sp³-hybridized carbons (Fsp3) is 0.300. The zero-order chi connectivity index (χ0) is 19.8. The molecule has 0 unspecified atom stereocenters. The van der Waals surface area contributed by atoms with Crippen LogP contribution in [0, 0.1) is 5.82 Å². The third-order valence-corrected chi connectivity index (χ3v) is 3.55. The zero-order valence-corrected chi connectivity index (χ0v) is 15.4. The minimum absolute atomic E-state index is 0.326. The van der Waals surface area contributed by atoms with Gasteiger partial charge in [0.2, 0.25) is 0 Å².